The van der Waals surface area contributed by atoms with Crippen LogP contribution in [0.2, 0.25) is 0 Å². The first kappa shape index (κ1) is 19.1. The maximum absolute atomic E-state index is 12.4. The van der Waals surface area contributed by atoms with Crippen LogP contribution >= 0.6 is 11.3 Å². The fourth-order valence-corrected chi connectivity index (χ4v) is 3.96. The van der Waals surface area contributed by atoms with Crippen molar-refractivity contribution in [2.24, 2.45) is 0 Å². The molecule has 1 aliphatic carbocycles. The number of aryl methyl sites for hydroxylation is 2. The average molecular weight is 411 g/mol. The van der Waals surface area contributed by atoms with Gasteiger partial charge < -0.3 is 5.32 Å². The normalized spacial score (nSPS) is 13.3. The molecule has 3 amide bonds. The van der Waals surface area contributed by atoms with Crippen molar-refractivity contribution in [3.63, 3.8) is 0 Å². The first-order valence-electron chi connectivity index (χ1n) is 9.34. The van der Waals surface area contributed by atoms with Gasteiger partial charge in [0.2, 0.25) is 0 Å². The summed E-state index contributed by atoms with van der Waals surface area (Å²) in [5.41, 5.74) is 7.60. The lowest BCUT2D eigenvalue weighted by molar-refractivity contribution is -0.139. The van der Waals surface area contributed by atoms with Crippen LogP contribution in [0.1, 0.15) is 39.3 Å². The summed E-state index contributed by atoms with van der Waals surface area (Å²) in [6.07, 6.45) is 1.76. The molecular formula is C20H21N5O3S. The van der Waals surface area contributed by atoms with E-state index in [1.807, 2.05) is 18.5 Å². The molecule has 29 heavy (non-hydrogen) atoms. The smallest absolute Gasteiger partial charge is 0.327 e. The van der Waals surface area contributed by atoms with Gasteiger partial charge in [-0.15, -0.1) is 11.3 Å². The van der Waals surface area contributed by atoms with Crippen molar-refractivity contribution in [3.05, 3.63) is 52.0 Å². The Morgan fingerprint density at radius 3 is 2.52 bits per heavy atom. The van der Waals surface area contributed by atoms with E-state index in [1.165, 1.54) is 16.9 Å². The minimum atomic E-state index is -0.881. The molecule has 0 atom stereocenters. The Morgan fingerprint density at radius 2 is 1.83 bits per heavy atom. The average Bonchev–Trinajstić information content (AvgIpc) is 3.31. The zero-order valence-electron chi connectivity index (χ0n) is 16.1. The molecule has 4 rings (SSSR count). The number of amides is 3. The van der Waals surface area contributed by atoms with Crippen molar-refractivity contribution in [1.82, 2.24) is 25.9 Å². The fourth-order valence-electron chi connectivity index (χ4n) is 2.91. The van der Waals surface area contributed by atoms with E-state index in [0.717, 1.165) is 34.3 Å². The minimum absolute atomic E-state index is 0.0750. The maximum Gasteiger partial charge on any atom is 0.327 e. The second-order valence-electron chi connectivity index (χ2n) is 7.21. The number of hydrazine groups is 1. The Hall–Kier alpha value is -3.20. The molecule has 150 valence electrons. The molecule has 0 unspecified atom stereocenters. The van der Waals surface area contributed by atoms with Gasteiger partial charge in [-0.25, -0.2) is 0 Å². The van der Waals surface area contributed by atoms with E-state index in [0.29, 0.717) is 11.4 Å². The van der Waals surface area contributed by atoms with Crippen LogP contribution < -0.4 is 16.2 Å². The van der Waals surface area contributed by atoms with Crippen molar-refractivity contribution in [1.29, 1.82) is 0 Å². The van der Waals surface area contributed by atoms with E-state index >= 15 is 0 Å². The molecular weight excluding hydrogens is 390 g/mol. The summed E-state index contributed by atoms with van der Waals surface area (Å²) in [6, 6.07) is 10.0. The summed E-state index contributed by atoms with van der Waals surface area (Å²) >= 11 is 1.29. The van der Waals surface area contributed by atoms with Gasteiger partial charge in [-0.05, 0) is 38.3 Å². The third-order valence-corrected chi connectivity index (χ3v) is 5.84. The number of benzene rings is 1. The molecule has 0 bridgehead atoms. The van der Waals surface area contributed by atoms with Gasteiger partial charge in [0.15, 0.2) is 0 Å². The highest BCUT2D eigenvalue weighted by atomic mass is 32.1. The van der Waals surface area contributed by atoms with Crippen molar-refractivity contribution in [2.45, 2.75) is 39.3 Å². The quantitative estimate of drug-likeness (QED) is 0.450. The highest BCUT2D eigenvalue weighted by Gasteiger charge is 2.26. The van der Waals surface area contributed by atoms with Gasteiger partial charge in [0.25, 0.3) is 5.91 Å². The van der Waals surface area contributed by atoms with Crippen LogP contribution in [0.4, 0.5) is 0 Å². The van der Waals surface area contributed by atoms with Crippen molar-refractivity contribution >= 4 is 39.3 Å². The Kier molecular flexibility index (Phi) is 5.06. The predicted octanol–water partition coefficient (Wildman–Crippen LogP) is 1.80. The number of carbonyl (C=O) groups is 3. The lowest BCUT2D eigenvalue weighted by Gasteiger charge is -2.06. The van der Waals surface area contributed by atoms with Gasteiger partial charge in [0, 0.05) is 11.4 Å². The summed E-state index contributed by atoms with van der Waals surface area (Å²) in [5, 5.41) is 8.03. The van der Waals surface area contributed by atoms with Crippen LogP contribution in [0.25, 0.3) is 10.2 Å². The number of thiophene rings is 1. The van der Waals surface area contributed by atoms with E-state index < -0.39 is 17.7 Å². The van der Waals surface area contributed by atoms with Crippen LogP contribution in [0.3, 0.4) is 0 Å². The monoisotopic (exact) mass is 411 g/mol. The Morgan fingerprint density at radius 1 is 1.10 bits per heavy atom. The summed E-state index contributed by atoms with van der Waals surface area (Å²) in [5.74, 6) is -2.10. The molecule has 1 fully saturated rings. The van der Waals surface area contributed by atoms with Crippen LogP contribution in [-0.2, 0) is 16.1 Å². The first-order chi connectivity index (χ1) is 13.9. The van der Waals surface area contributed by atoms with E-state index in [1.54, 1.807) is 6.07 Å². The highest BCUT2D eigenvalue weighted by Crippen LogP contribution is 2.28. The number of carbonyl (C=O) groups excluding carboxylic acids is 3. The van der Waals surface area contributed by atoms with Crippen molar-refractivity contribution in [2.75, 3.05) is 0 Å². The summed E-state index contributed by atoms with van der Waals surface area (Å²) in [4.78, 5) is 37.1. The molecule has 9 heteroatoms. The topological polar surface area (TPSA) is 105 Å². The molecule has 1 aromatic carbocycles. The largest absolute Gasteiger partial charge is 0.345 e. The Labute approximate surface area is 171 Å². The molecule has 3 aromatic rings. The molecule has 0 saturated heterocycles. The van der Waals surface area contributed by atoms with Crippen molar-refractivity contribution < 1.29 is 14.4 Å². The van der Waals surface area contributed by atoms with Gasteiger partial charge in [-0.3, -0.25) is 29.9 Å². The van der Waals surface area contributed by atoms with Gasteiger partial charge in [0.1, 0.15) is 4.83 Å². The van der Waals surface area contributed by atoms with Gasteiger partial charge in [0.05, 0.1) is 17.1 Å². The van der Waals surface area contributed by atoms with Gasteiger partial charge >= 0.3 is 11.8 Å². The number of rotatable bonds is 4. The van der Waals surface area contributed by atoms with E-state index in [9.17, 15) is 14.4 Å². The summed E-state index contributed by atoms with van der Waals surface area (Å²) in [6.45, 7) is 4.54. The van der Waals surface area contributed by atoms with Gasteiger partial charge in [-0.1, -0.05) is 29.8 Å². The highest BCUT2D eigenvalue weighted by molar-refractivity contribution is 7.20. The first-order valence-corrected chi connectivity index (χ1v) is 10.2. The zero-order valence-corrected chi connectivity index (χ0v) is 16.9. The lowest BCUT2D eigenvalue weighted by Crippen LogP contribution is -2.48. The summed E-state index contributed by atoms with van der Waals surface area (Å²) in [7, 11) is 0. The van der Waals surface area contributed by atoms with Crippen LogP contribution in [0, 0.1) is 13.8 Å². The lowest BCUT2D eigenvalue weighted by atomic mass is 10.1. The Bertz CT molecular complexity index is 1100. The minimum Gasteiger partial charge on any atom is -0.345 e. The molecule has 0 spiro atoms. The molecule has 2 aromatic heterocycles. The molecule has 3 N–H and O–H groups in total. The third kappa shape index (κ3) is 4.29. The zero-order chi connectivity index (χ0) is 20.5. The molecule has 1 aliphatic rings. The van der Waals surface area contributed by atoms with E-state index in [4.69, 9.17) is 0 Å². The summed E-state index contributed by atoms with van der Waals surface area (Å²) < 4.78 is 1.87. The van der Waals surface area contributed by atoms with Crippen LogP contribution in [0.15, 0.2) is 30.3 Å². The number of nitrogens with zero attached hydrogens (tertiary/aromatic N) is 2. The molecule has 8 nitrogen and oxygen atoms in total. The maximum atomic E-state index is 12.4. The molecule has 2 heterocycles. The van der Waals surface area contributed by atoms with E-state index in [-0.39, 0.29) is 6.04 Å². The number of aromatic nitrogens is 2. The second kappa shape index (κ2) is 7.67. The van der Waals surface area contributed by atoms with Crippen LogP contribution in [0.5, 0.6) is 0 Å². The fraction of sp³-hybridized carbons (Fsp3) is 0.300. The van der Waals surface area contributed by atoms with E-state index in [2.05, 4.69) is 45.5 Å². The van der Waals surface area contributed by atoms with Gasteiger partial charge in [-0.2, -0.15) is 5.10 Å². The number of nitrogens with one attached hydrogen (secondary N) is 3. The molecule has 0 aliphatic heterocycles. The third-order valence-electron chi connectivity index (χ3n) is 4.69. The number of hydrogen-bond donors (Lipinski definition) is 3. The SMILES string of the molecule is Cc1ccc(Cn2nc(C)c3cc(C(=O)NNC(=O)C(=O)NC4CC4)sc32)cc1. The predicted molar refractivity (Wildman–Crippen MR) is 109 cm³/mol. The van der Waals surface area contributed by atoms with Crippen LogP contribution in [-0.4, -0.2) is 33.5 Å². The van der Waals surface area contributed by atoms with Crippen molar-refractivity contribution in [3.8, 4) is 0 Å². The number of fused-ring (bicyclic) bond motifs is 1. The number of hydrogen-bond acceptors (Lipinski definition) is 5. The molecule has 0 radical (unpaired) electrons. The Balaban J connectivity index is 1.45. The molecule has 1 saturated carbocycles. The second-order valence-corrected chi connectivity index (χ2v) is 8.24. The standard InChI is InChI=1S/C20H21N5O3S/c1-11-3-5-13(6-4-11)10-25-20-15(12(2)24-25)9-16(29-20)17(26)22-23-19(28)18(27)21-14-7-8-14/h3-6,9,14H,7-8,10H2,1-2H3,(H,21,27)(H,22,26)(H,23,28).